The second kappa shape index (κ2) is 5.89. The van der Waals surface area contributed by atoms with E-state index < -0.39 is 0 Å². The van der Waals surface area contributed by atoms with Crippen LogP contribution < -0.4 is 10.6 Å². The highest BCUT2D eigenvalue weighted by molar-refractivity contribution is 5.44. The van der Waals surface area contributed by atoms with Crippen molar-refractivity contribution in [1.29, 1.82) is 0 Å². The number of rotatable bonds is 6. The molecule has 0 aromatic carbocycles. The van der Waals surface area contributed by atoms with Gasteiger partial charge in [0, 0.05) is 25.5 Å². The number of nitrogens with one attached hydrogen (secondary N) is 2. The summed E-state index contributed by atoms with van der Waals surface area (Å²) in [6.07, 6.45) is 3.73. The second-order valence-electron chi connectivity index (χ2n) is 3.63. The molecular formula is C12H17N5. The first-order valence-electron chi connectivity index (χ1n) is 5.80. The Labute approximate surface area is 101 Å². The summed E-state index contributed by atoms with van der Waals surface area (Å²) in [4.78, 5) is 4.43. The van der Waals surface area contributed by atoms with Crippen LogP contribution in [0.5, 0.6) is 0 Å². The highest BCUT2D eigenvalue weighted by atomic mass is 15.3. The first kappa shape index (κ1) is 11.4. The molecule has 2 N–H and O–H groups in total. The van der Waals surface area contributed by atoms with Crippen molar-refractivity contribution >= 4 is 11.6 Å². The van der Waals surface area contributed by atoms with Gasteiger partial charge in [-0.15, -0.1) is 0 Å². The number of nitrogens with zero attached hydrogens (tertiary/aromatic N) is 3. The summed E-state index contributed by atoms with van der Waals surface area (Å²) in [7, 11) is 0. The molecule has 5 nitrogen and oxygen atoms in total. The van der Waals surface area contributed by atoms with E-state index in [0.29, 0.717) is 0 Å². The van der Waals surface area contributed by atoms with Crippen LogP contribution in [0.25, 0.3) is 0 Å². The van der Waals surface area contributed by atoms with E-state index in [1.165, 1.54) is 0 Å². The van der Waals surface area contributed by atoms with E-state index in [0.717, 1.165) is 31.3 Å². The lowest BCUT2D eigenvalue weighted by Crippen LogP contribution is -2.12. The summed E-state index contributed by atoms with van der Waals surface area (Å²) in [6, 6.07) is 7.83. The first-order valence-corrected chi connectivity index (χ1v) is 5.80. The van der Waals surface area contributed by atoms with Gasteiger partial charge in [-0.1, -0.05) is 6.07 Å². The van der Waals surface area contributed by atoms with Gasteiger partial charge in [0.2, 0.25) is 0 Å². The molecule has 0 atom stereocenters. The van der Waals surface area contributed by atoms with Crippen LogP contribution in [-0.2, 0) is 6.54 Å². The van der Waals surface area contributed by atoms with Crippen molar-refractivity contribution in [2.75, 3.05) is 23.7 Å². The van der Waals surface area contributed by atoms with Crippen LogP contribution in [0, 0.1) is 0 Å². The molecule has 2 aromatic rings. The molecule has 0 aliphatic rings. The fourth-order valence-electron chi connectivity index (χ4n) is 1.54. The van der Waals surface area contributed by atoms with Crippen molar-refractivity contribution in [2.45, 2.75) is 13.5 Å². The molecule has 0 fully saturated rings. The summed E-state index contributed by atoms with van der Waals surface area (Å²) in [5, 5.41) is 10.6. The van der Waals surface area contributed by atoms with Gasteiger partial charge >= 0.3 is 0 Å². The number of hydrogen-bond donors (Lipinski definition) is 2. The minimum Gasteiger partial charge on any atom is -0.370 e. The van der Waals surface area contributed by atoms with E-state index in [9.17, 15) is 0 Å². The fraction of sp³-hybridized carbons (Fsp3) is 0.333. The third-order valence-corrected chi connectivity index (χ3v) is 2.31. The van der Waals surface area contributed by atoms with Crippen LogP contribution in [0.3, 0.4) is 0 Å². The molecule has 0 bridgehead atoms. The molecule has 0 saturated heterocycles. The van der Waals surface area contributed by atoms with Crippen molar-refractivity contribution in [2.24, 2.45) is 0 Å². The van der Waals surface area contributed by atoms with Crippen LogP contribution in [0.2, 0.25) is 0 Å². The summed E-state index contributed by atoms with van der Waals surface area (Å²) in [6.45, 7) is 4.58. The lowest BCUT2D eigenvalue weighted by Gasteiger charge is -2.08. The Bertz CT molecular complexity index is 438. The Balaban J connectivity index is 1.84. The van der Waals surface area contributed by atoms with E-state index >= 15 is 0 Å². The van der Waals surface area contributed by atoms with Crippen molar-refractivity contribution in [3.8, 4) is 0 Å². The summed E-state index contributed by atoms with van der Waals surface area (Å²) >= 11 is 0. The Morgan fingerprint density at radius 2 is 2.00 bits per heavy atom. The highest BCUT2D eigenvalue weighted by Gasteiger charge is 1.96. The maximum absolute atomic E-state index is 4.43. The first-order chi connectivity index (χ1) is 8.38. The van der Waals surface area contributed by atoms with Gasteiger partial charge in [0.1, 0.15) is 11.6 Å². The minimum absolute atomic E-state index is 0.810. The van der Waals surface area contributed by atoms with E-state index in [1.807, 2.05) is 35.1 Å². The molecule has 0 aliphatic carbocycles. The zero-order chi connectivity index (χ0) is 11.9. The average molecular weight is 231 g/mol. The molecule has 0 amide bonds. The minimum atomic E-state index is 0.810. The molecule has 0 saturated carbocycles. The topological polar surface area (TPSA) is 54.8 Å². The molecule has 90 valence electrons. The molecule has 2 aromatic heterocycles. The number of pyridine rings is 1. The van der Waals surface area contributed by atoms with E-state index in [2.05, 4.69) is 27.6 Å². The van der Waals surface area contributed by atoms with Crippen LogP contribution in [0.4, 0.5) is 11.6 Å². The van der Waals surface area contributed by atoms with Gasteiger partial charge in [0.25, 0.3) is 0 Å². The Morgan fingerprint density at radius 3 is 2.71 bits per heavy atom. The standard InChI is InChI=1S/C12H17N5/c1-2-13-11-5-3-6-12(16-11)14-8-10-17-9-4-7-15-17/h3-7,9H,2,8,10H2,1H3,(H2,13,14,16). The van der Waals surface area contributed by atoms with Gasteiger partial charge in [0.15, 0.2) is 0 Å². The molecule has 0 unspecified atom stereocenters. The monoisotopic (exact) mass is 231 g/mol. The lowest BCUT2D eigenvalue weighted by atomic mass is 10.4. The third-order valence-electron chi connectivity index (χ3n) is 2.31. The van der Waals surface area contributed by atoms with Crippen LogP contribution in [0.1, 0.15) is 6.92 Å². The Kier molecular flexibility index (Phi) is 3.96. The van der Waals surface area contributed by atoms with Gasteiger partial charge in [-0.3, -0.25) is 4.68 Å². The van der Waals surface area contributed by atoms with E-state index in [1.54, 1.807) is 6.20 Å². The van der Waals surface area contributed by atoms with E-state index in [4.69, 9.17) is 0 Å². The summed E-state index contributed by atoms with van der Waals surface area (Å²) in [5.74, 6) is 1.78. The summed E-state index contributed by atoms with van der Waals surface area (Å²) in [5.41, 5.74) is 0. The van der Waals surface area contributed by atoms with Crippen molar-refractivity contribution in [3.05, 3.63) is 36.7 Å². The van der Waals surface area contributed by atoms with Gasteiger partial charge in [0.05, 0.1) is 6.54 Å². The smallest absolute Gasteiger partial charge is 0.128 e. The van der Waals surface area contributed by atoms with Gasteiger partial charge in [-0.25, -0.2) is 4.98 Å². The van der Waals surface area contributed by atoms with Gasteiger partial charge in [-0.05, 0) is 25.1 Å². The number of anilines is 2. The molecule has 2 heterocycles. The second-order valence-corrected chi connectivity index (χ2v) is 3.63. The molecule has 5 heteroatoms. The molecule has 2 rings (SSSR count). The summed E-state index contributed by atoms with van der Waals surface area (Å²) < 4.78 is 1.89. The van der Waals surface area contributed by atoms with E-state index in [-0.39, 0.29) is 0 Å². The predicted octanol–water partition coefficient (Wildman–Crippen LogP) is 1.82. The van der Waals surface area contributed by atoms with Crippen LogP contribution in [0.15, 0.2) is 36.7 Å². The maximum atomic E-state index is 4.43. The normalized spacial score (nSPS) is 10.2. The van der Waals surface area contributed by atoms with Gasteiger partial charge < -0.3 is 10.6 Å². The van der Waals surface area contributed by atoms with Crippen molar-refractivity contribution in [1.82, 2.24) is 14.8 Å². The fourth-order valence-corrected chi connectivity index (χ4v) is 1.54. The average Bonchev–Trinajstić information content (AvgIpc) is 2.83. The van der Waals surface area contributed by atoms with Crippen LogP contribution >= 0.6 is 0 Å². The molecular weight excluding hydrogens is 214 g/mol. The maximum Gasteiger partial charge on any atom is 0.128 e. The lowest BCUT2D eigenvalue weighted by molar-refractivity contribution is 0.637. The molecule has 17 heavy (non-hydrogen) atoms. The largest absolute Gasteiger partial charge is 0.370 e. The SMILES string of the molecule is CCNc1cccc(NCCn2cccn2)n1. The van der Waals surface area contributed by atoms with Crippen molar-refractivity contribution in [3.63, 3.8) is 0 Å². The predicted molar refractivity (Wildman–Crippen MR) is 69.1 cm³/mol. The number of aromatic nitrogens is 3. The van der Waals surface area contributed by atoms with Gasteiger partial charge in [-0.2, -0.15) is 5.10 Å². The molecule has 0 aliphatic heterocycles. The third kappa shape index (κ3) is 3.48. The molecule has 0 spiro atoms. The quantitative estimate of drug-likeness (QED) is 0.796. The van der Waals surface area contributed by atoms with Crippen LogP contribution in [-0.4, -0.2) is 27.9 Å². The highest BCUT2D eigenvalue weighted by Crippen LogP contribution is 2.08. The Hall–Kier alpha value is -2.04. The Morgan fingerprint density at radius 1 is 1.18 bits per heavy atom. The zero-order valence-electron chi connectivity index (χ0n) is 9.93. The molecule has 0 radical (unpaired) electrons. The van der Waals surface area contributed by atoms with Crippen molar-refractivity contribution < 1.29 is 0 Å². The zero-order valence-corrected chi connectivity index (χ0v) is 9.93. The number of hydrogen-bond acceptors (Lipinski definition) is 4.